The summed E-state index contributed by atoms with van der Waals surface area (Å²) < 4.78 is 2.23. The van der Waals surface area contributed by atoms with Gasteiger partial charge in [0.15, 0.2) is 0 Å². The van der Waals surface area contributed by atoms with Gasteiger partial charge in [-0.2, -0.15) is 0 Å². The molecule has 6 heteroatoms. The first-order valence-corrected chi connectivity index (χ1v) is 10.3. The number of nitrogens with zero attached hydrogens (tertiary/aromatic N) is 2. The predicted molar refractivity (Wildman–Crippen MR) is 108 cm³/mol. The number of para-hydroxylation sites is 1. The summed E-state index contributed by atoms with van der Waals surface area (Å²) in [6, 6.07) is 16.6. The van der Waals surface area contributed by atoms with Gasteiger partial charge in [-0.25, -0.2) is 4.98 Å². The van der Waals surface area contributed by atoms with Gasteiger partial charge < -0.3 is 5.11 Å². The molecule has 0 bridgehead atoms. The topological polar surface area (TPSA) is 53.4 Å². The SMILES string of the molecule is O=C(O)C1CCN(C(c2cccc(Br)c2)c2nc3ccccc3s2)CC1. The minimum atomic E-state index is -0.677. The molecule has 134 valence electrons. The van der Waals surface area contributed by atoms with E-state index in [9.17, 15) is 9.90 Å². The van der Waals surface area contributed by atoms with Crippen LogP contribution in [-0.2, 0) is 4.79 Å². The van der Waals surface area contributed by atoms with Crippen molar-refractivity contribution in [3.05, 3.63) is 63.6 Å². The van der Waals surface area contributed by atoms with E-state index < -0.39 is 5.97 Å². The molecule has 1 N–H and O–H groups in total. The summed E-state index contributed by atoms with van der Waals surface area (Å²) in [4.78, 5) is 18.6. The number of carbonyl (C=O) groups is 1. The second kappa shape index (κ2) is 7.47. The summed E-state index contributed by atoms with van der Waals surface area (Å²) in [6.45, 7) is 1.54. The van der Waals surface area contributed by atoms with Crippen molar-refractivity contribution in [2.75, 3.05) is 13.1 Å². The minimum absolute atomic E-state index is 0.0552. The Morgan fingerprint density at radius 3 is 2.65 bits per heavy atom. The second-order valence-corrected chi connectivity index (χ2v) is 8.60. The number of carboxylic acids is 1. The lowest BCUT2D eigenvalue weighted by atomic mass is 9.94. The third kappa shape index (κ3) is 3.54. The number of carboxylic acid groups (broad SMARTS) is 1. The van der Waals surface area contributed by atoms with Crippen LogP contribution in [0.25, 0.3) is 10.2 Å². The number of likely N-dealkylation sites (tertiary alicyclic amines) is 1. The maximum absolute atomic E-state index is 11.3. The summed E-state index contributed by atoms with van der Waals surface area (Å²) in [7, 11) is 0. The fourth-order valence-corrected chi connectivity index (χ4v) is 5.15. The Labute approximate surface area is 164 Å². The van der Waals surface area contributed by atoms with Crippen molar-refractivity contribution in [2.45, 2.75) is 18.9 Å². The van der Waals surface area contributed by atoms with Gasteiger partial charge in [-0.15, -0.1) is 11.3 Å². The standard InChI is InChI=1S/C20H19BrN2O2S/c21-15-5-3-4-14(12-15)18(23-10-8-13(9-11-23)20(24)25)19-22-16-6-1-2-7-17(16)26-19/h1-7,12-13,18H,8-11H2,(H,24,25). The molecule has 1 aliphatic rings. The van der Waals surface area contributed by atoms with Crippen LogP contribution in [0.4, 0.5) is 0 Å². The number of benzene rings is 2. The van der Waals surface area contributed by atoms with Gasteiger partial charge in [-0.3, -0.25) is 9.69 Å². The Kier molecular flexibility index (Phi) is 5.07. The van der Waals surface area contributed by atoms with Crippen molar-refractivity contribution in [3.63, 3.8) is 0 Å². The third-order valence-electron chi connectivity index (χ3n) is 4.95. The lowest BCUT2D eigenvalue weighted by molar-refractivity contribution is -0.143. The van der Waals surface area contributed by atoms with Gasteiger partial charge >= 0.3 is 5.97 Å². The third-order valence-corrected chi connectivity index (χ3v) is 6.53. The molecule has 0 amide bonds. The van der Waals surface area contributed by atoms with Crippen LogP contribution in [-0.4, -0.2) is 34.0 Å². The van der Waals surface area contributed by atoms with E-state index in [1.54, 1.807) is 11.3 Å². The Balaban J connectivity index is 1.71. The molecule has 1 saturated heterocycles. The van der Waals surface area contributed by atoms with Gasteiger partial charge in [0.2, 0.25) is 0 Å². The zero-order valence-electron chi connectivity index (χ0n) is 14.1. The minimum Gasteiger partial charge on any atom is -0.481 e. The molecule has 0 aliphatic carbocycles. The van der Waals surface area contributed by atoms with Crippen molar-refractivity contribution in [3.8, 4) is 0 Å². The van der Waals surface area contributed by atoms with Crippen molar-refractivity contribution in [1.82, 2.24) is 9.88 Å². The second-order valence-electron chi connectivity index (χ2n) is 6.63. The molecule has 4 rings (SSSR count). The highest BCUT2D eigenvalue weighted by atomic mass is 79.9. The van der Waals surface area contributed by atoms with E-state index in [0.717, 1.165) is 28.1 Å². The number of hydrogen-bond donors (Lipinski definition) is 1. The van der Waals surface area contributed by atoms with Gasteiger partial charge in [0, 0.05) is 4.47 Å². The zero-order chi connectivity index (χ0) is 18.1. The van der Waals surface area contributed by atoms with E-state index in [1.807, 2.05) is 30.3 Å². The lowest BCUT2D eigenvalue weighted by Gasteiger charge is -2.35. The summed E-state index contributed by atoms with van der Waals surface area (Å²) in [5.74, 6) is -0.909. The van der Waals surface area contributed by atoms with E-state index in [2.05, 4.69) is 39.0 Å². The van der Waals surface area contributed by atoms with E-state index >= 15 is 0 Å². The average Bonchev–Trinajstić information content (AvgIpc) is 3.06. The molecular formula is C20H19BrN2O2S. The van der Waals surface area contributed by atoms with Crippen molar-refractivity contribution >= 4 is 43.5 Å². The predicted octanol–water partition coefficient (Wildman–Crippen LogP) is 4.94. The van der Waals surface area contributed by atoms with E-state index in [4.69, 9.17) is 4.98 Å². The number of fused-ring (bicyclic) bond motifs is 1. The molecule has 1 aromatic heterocycles. The monoisotopic (exact) mass is 430 g/mol. The molecule has 0 saturated carbocycles. The van der Waals surface area contributed by atoms with Gasteiger partial charge in [-0.05, 0) is 55.8 Å². The normalized spacial score (nSPS) is 17.4. The van der Waals surface area contributed by atoms with Crippen LogP contribution < -0.4 is 0 Å². The summed E-state index contributed by atoms with van der Waals surface area (Å²) in [6.07, 6.45) is 1.37. The Morgan fingerprint density at radius 2 is 1.96 bits per heavy atom. The van der Waals surface area contributed by atoms with Gasteiger partial charge in [0.25, 0.3) is 0 Å². The number of thiazole rings is 1. The van der Waals surface area contributed by atoms with Crippen LogP contribution >= 0.6 is 27.3 Å². The number of hydrogen-bond acceptors (Lipinski definition) is 4. The highest BCUT2D eigenvalue weighted by molar-refractivity contribution is 9.10. The largest absolute Gasteiger partial charge is 0.481 e. The Morgan fingerprint density at radius 1 is 1.19 bits per heavy atom. The van der Waals surface area contributed by atoms with Crippen LogP contribution in [0, 0.1) is 5.92 Å². The van der Waals surface area contributed by atoms with Gasteiger partial charge in [-0.1, -0.05) is 40.2 Å². The molecular weight excluding hydrogens is 412 g/mol. The van der Waals surface area contributed by atoms with Crippen LogP contribution in [0.5, 0.6) is 0 Å². The Hall–Kier alpha value is -1.76. The van der Waals surface area contributed by atoms with E-state index in [-0.39, 0.29) is 12.0 Å². The van der Waals surface area contributed by atoms with Crippen molar-refractivity contribution in [2.24, 2.45) is 5.92 Å². The maximum Gasteiger partial charge on any atom is 0.306 e. The average molecular weight is 431 g/mol. The summed E-state index contributed by atoms with van der Waals surface area (Å²) in [5.41, 5.74) is 2.21. The number of piperidine rings is 1. The first-order valence-electron chi connectivity index (χ1n) is 8.69. The van der Waals surface area contributed by atoms with Crippen LogP contribution in [0.2, 0.25) is 0 Å². The fourth-order valence-electron chi connectivity index (χ4n) is 3.60. The molecule has 1 atom stereocenters. The zero-order valence-corrected chi connectivity index (χ0v) is 16.5. The van der Waals surface area contributed by atoms with Crippen LogP contribution in [0.3, 0.4) is 0 Å². The quantitative estimate of drug-likeness (QED) is 0.636. The van der Waals surface area contributed by atoms with Crippen LogP contribution in [0.15, 0.2) is 53.0 Å². The Bertz CT molecular complexity index is 901. The molecule has 1 unspecified atom stereocenters. The highest BCUT2D eigenvalue weighted by Crippen LogP contribution is 2.37. The molecule has 1 aliphatic heterocycles. The molecule has 4 nitrogen and oxygen atoms in total. The smallest absolute Gasteiger partial charge is 0.306 e. The lowest BCUT2D eigenvalue weighted by Crippen LogP contribution is -2.39. The number of aromatic nitrogens is 1. The molecule has 2 heterocycles. The summed E-state index contributed by atoms with van der Waals surface area (Å²) >= 11 is 5.30. The maximum atomic E-state index is 11.3. The van der Waals surface area contributed by atoms with Crippen molar-refractivity contribution in [1.29, 1.82) is 0 Å². The molecule has 2 aromatic carbocycles. The van der Waals surface area contributed by atoms with Crippen LogP contribution in [0.1, 0.15) is 29.5 Å². The number of rotatable bonds is 4. The fraction of sp³-hybridized carbons (Fsp3) is 0.300. The first-order chi connectivity index (χ1) is 12.6. The van der Waals surface area contributed by atoms with Gasteiger partial charge in [0.05, 0.1) is 22.2 Å². The summed E-state index contributed by atoms with van der Waals surface area (Å²) in [5, 5.41) is 10.4. The van der Waals surface area contributed by atoms with Gasteiger partial charge in [0.1, 0.15) is 5.01 Å². The first kappa shape index (κ1) is 17.6. The molecule has 0 spiro atoms. The molecule has 1 fully saturated rings. The molecule has 26 heavy (non-hydrogen) atoms. The number of aliphatic carboxylic acids is 1. The van der Waals surface area contributed by atoms with E-state index in [0.29, 0.717) is 12.8 Å². The molecule has 0 radical (unpaired) electrons. The van der Waals surface area contributed by atoms with Crippen molar-refractivity contribution < 1.29 is 9.90 Å². The molecule has 3 aromatic rings. The van der Waals surface area contributed by atoms with E-state index in [1.165, 1.54) is 10.3 Å². The number of halogens is 1. The highest BCUT2D eigenvalue weighted by Gasteiger charge is 2.31.